The fourth-order valence-corrected chi connectivity index (χ4v) is 1.51. The summed E-state index contributed by atoms with van der Waals surface area (Å²) < 4.78 is 6.76. The maximum atomic E-state index is 10.7. The fraction of sp³-hybridized carbons (Fsp3) is 0.111. The first kappa shape index (κ1) is 8.84. The Morgan fingerprint density at radius 1 is 1.56 bits per heavy atom. The first-order valence-electron chi connectivity index (χ1n) is 4.53. The van der Waals surface area contributed by atoms with Gasteiger partial charge in [-0.25, -0.2) is 19.4 Å². The molecule has 0 atom stereocenters. The number of carbonyl (C=O) groups is 1. The highest BCUT2D eigenvalue weighted by Gasteiger charge is 2.23. The molecule has 0 amide bonds. The molecule has 1 N–H and O–H groups in total. The SMILES string of the molecule is O=C(O)c1nc2n(n1)-c1cccnc1OC2. The second kappa shape index (κ2) is 3.02. The molecule has 0 spiro atoms. The number of rotatable bonds is 1. The summed E-state index contributed by atoms with van der Waals surface area (Å²) in [5.74, 6) is -0.516. The molecule has 0 unspecified atom stereocenters. The molecule has 0 radical (unpaired) electrons. The first-order chi connectivity index (χ1) is 7.75. The first-order valence-corrected chi connectivity index (χ1v) is 4.53. The van der Waals surface area contributed by atoms with E-state index in [0.29, 0.717) is 17.4 Å². The minimum Gasteiger partial charge on any atom is -0.475 e. The van der Waals surface area contributed by atoms with Crippen molar-refractivity contribution >= 4 is 5.97 Å². The average Bonchev–Trinajstić information content (AvgIpc) is 2.73. The lowest BCUT2D eigenvalue weighted by Crippen LogP contribution is -2.14. The number of pyridine rings is 1. The average molecular weight is 218 g/mol. The number of nitrogens with zero attached hydrogens (tertiary/aromatic N) is 4. The molecule has 7 nitrogen and oxygen atoms in total. The molecule has 16 heavy (non-hydrogen) atoms. The van der Waals surface area contributed by atoms with Crippen molar-refractivity contribution in [1.82, 2.24) is 19.7 Å². The zero-order valence-electron chi connectivity index (χ0n) is 7.99. The van der Waals surface area contributed by atoms with E-state index in [9.17, 15) is 4.79 Å². The summed E-state index contributed by atoms with van der Waals surface area (Å²) in [6, 6.07) is 3.46. The van der Waals surface area contributed by atoms with E-state index < -0.39 is 5.97 Å². The molecule has 0 saturated heterocycles. The number of carboxylic acid groups (broad SMARTS) is 1. The number of aromatic carboxylic acids is 1. The van der Waals surface area contributed by atoms with Gasteiger partial charge in [0, 0.05) is 6.20 Å². The fourth-order valence-electron chi connectivity index (χ4n) is 1.51. The van der Waals surface area contributed by atoms with Gasteiger partial charge in [0.05, 0.1) is 0 Å². The van der Waals surface area contributed by atoms with Crippen molar-refractivity contribution in [3.8, 4) is 11.6 Å². The number of fused-ring (bicyclic) bond motifs is 3. The summed E-state index contributed by atoms with van der Waals surface area (Å²) in [6.07, 6.45) is 1.60. The van der Waals surface area contributed by atoms with Gasteiger partial charge in [-0.1, -0.05) is 0 Å². The van der Waals surface area contributed by atoms with Gasteiger partial charge in [-0.15, -0.1) is 5.10 Å². The Kier molecular flexibility index (Phi) is 1.67. The summed E-state index contributed by atoms with van der Waals surface area (Å²) in [4.78, 5) is 18.6. The van der Waals surface area contributed by atoms with Gasteiger partial charge in [0.25, 0.3) is 5.82 Å². The predicted octanol–water partition coefficient (Wildman–Crippen LogP) is 0.253. The van der Waals surface area contributed by atoms with E-state index in [4.69, 9.17) is 9.84 Å². The third kappa shape index (κ3) is 1.14. The lowest BCUT2D eigenvalue weighted by atomic mass is 10.4. The molecule has 0 fully saturated rings. The van der Waals surface area contributed by atoms with Crippen molar-refractivity contribution in [2.75, 3.05) is 0 Å². The van der Waals surface area contributed by atoms with Crippen LogP contribution in [0.4, 0.5) is 0 Å². The summed E-state index contributed by atoms with van der Waals surface area (Å²) in [5.41, 5.74) is 0.601. The van der Waals surface area contributed by atoms with Crippen molar-refractivity contribution in [3.63, 3.8) is 0 Å². The smallest absolute Gasteiger partial charge is 0.375 e. The van der Waals surface area contributed by atoms with Gasteiger partial charge in [-0.3, -0.25) is 0 Å². The van der Waals surface area contributed by atoms with Gasteiger partial charge < -0.3 is 9.84 Å². The van der Waals surface area contributed by atoms with Crippen LogP contribution in [-0.4, -0.2) is 30.8 Å². The van der Waals surface area contributed by atoms with Gasteiger partial charge >= 0.3 is 5.97 Å². The number of aromatic nitrogens is 4. The molecular formula is C9H6N4O3. The van der Waals surface area contributed by atoms with Crippen LogP contribution in [-0.2, 0) is 6.61 Å². The Balaban J connectivity index is 2.20. The Hall–Kier alpha value is -2.44. The van der Waals surface area contributed by atoms with Crippen molar-refractivity contribution in [2.45, 2.75) is 6.61 Å². The Bertz CT molecular complexity index is 578. The summed E-state index contributed by atoms with van der Waals surface area (Å²) in [6.45, 7) is 0.171. The van der Waals surface area contributed by atoms with Crippen LogP contribution in [0.3, 0.4) is 0 Å². The van der Waals surface area contributed by atoms with E-state index in [1.807, 2.05) is 0 Å². The number of carboxylic acids is 1. The van der Waals surface area contributed by atoms with E-state index in [0.717, 1.165) is 0 Å². The maximum Gasteiger partial charge on any atom is 0.375 e. The second-order valence-corrected chi connectivity index (χ2v) is 3.18. The van der Waals surface area contributed by atoms with E-state index in [2.05, 4.69) is 15.1 Å². The van der Waals surface area contributed by atoms with Crippen LogP contribution in [0, 0.1) is 0 Å². The minimum absolute atomic E-state index is 0.171. The van der Waals surface area contributed by atoms with Crippen LogP contribution in [0.25, 0.3) is 5.69 Å². The van der Waals surface area contributed by atoms with Crippen LogP contribution >= 0.6 is 0 Å². The quantitative estimate of drug-likeness (QED) is 0.737. The van der Waals surface area contributed by atoms with Gasteiger partial charge in [0.1, 0.15) is 12.3 Å². The zero-order chi connectivity index (χ0) is 11.1. The third-order valence-corrected chi connectivity index (χ3v) is 2.18. The molecule has 0 saturated carbocycles. The van der Waals surface area contributed by atoms with E-state index in [1.54, 1.807) is 18.3 Å². The van der Waals surface area contributed by atoms with Crippen LogP contribution in [0.15, 0.2) is 18.3 Å². The molecule has 3 heterocycles. The van der Waals surface area contributed by atoms with Crippen molar-refractivity contribution in [2.24, 2.45) is 0 Å². The van der Waals surface area contributed by atoms with E-state index in [-0.39, 0.29) is 12.4 Å². The topological polar surface area (TPSA) is 90.1 Å². The number of hydrogen-bond donors (Lipinski definition) is 1. The van der Waals surface area contributed by atoms with Gasteiger partial charge in [-0.05, 0) is 12.1 Å². The van der Waals surface area contributed by atoms with Crippen LogP contribution < -0.4 is 4.74 Å². The second-order valence-electron chi connectivity index (χ2n) is 3.18. The Morgan fingerprint density at radius 2 is 2.44 bits per heavy atom. The van der Waals surface area contributed by atoms with Crippen LogP contribution in [0.5, 0.6) is 5.88 Å². The highest BCUT2D eigenvalue weighted by Crippen LogP contribution is 2.25. The summed E-state index contributed by atoms with van der Waals surface area (Å²) >= 11 is 0. The molecule has 2 aromatic rings. The monoisotopic (exact) mass is 218 g/mol. The molecule has 1 aliphatic heterocycles. The zero-order valence-corrected chi connectivity index (χ0v) is 7.99. The van der Waals surface area contributed by atoms with E-state index >= 15 is 0 Å². The molecule has 2 aromatic heterocycles. The molecule has 0 bridgehead atoms. The molecular weight excluding hydrogens is 212 g/mol. The number of ether oxygens (including phenoxy) is 1. The summed E-state index contributed by atoms with van der Waals surface area (Å²) in [5, 5.41) is 12.7. The van der Waals surface area contributed by atoms with Gasteiger partial charge in [0.15, 0.2) is 5.82 Å². The molecule has 80 valence electrons. The lowest BCUT2D eigenvalue weighted by molar-refractivity contribution is 0.0683. The van der Waals surface area contributed by atoms with Gasteiger partial charge in [-0.2, -0.15) is 0 Å². The lowest BCUT2D eigenvalue weighted by Gasteiger charge is -2.15. The highest BCUT2D eigenvalue weighted by atomic mass is 16.5. The normalized spacial score (nSPS) is 12.5. The Labute approximate surface area is 89.3 Å². The maximum absolute atomic E-state index is 10.7. The minimum atomic E-state index is -1.16. The highest BCUT2D eigenvalue weighted by molar-refractivity contribution is 5.83. The number of hydrogen-bond acceptors (Lipinski definition) is 5. The van der Waals surface area contributed by atoms with Crippen molar-refractivity contribution < 1.29 is 14.6 Å². The standard InChI is InChI=1S/C9H6N4O3/c14-9(15)7-11-6-4-16-8-5(13(6)12-7)2-1-3-10-8/h1-3H,4H2,(H,14,15). The molecule has 7 heteroatoms. The van der Waals surface area contributed by atoms with Crippen LogP contribution in [0.2, 0.25) is 0 Å². The third-order valence-electron chi connectivity index (χ3n) is 2.18. The Morgan fingerprint density at radius 3 is 3.25 bits per heavy atom. The van der Waals surface area contributed by atoms with Crippen molar-refractivity contribution in [3.05, 3.63) is 30.0 Å². The molecule has 1 aliphatic rings. The molecule has 3 rings (SSSR count). The largest absolute Gasteiger partial charge is 0.475 e. The molecule has 0 aliphatic carbocycles. The van der Waals surface area contributed by atoms with Crippen LogP contribution in [0.1, 0.15) is 16.4 Å². The summed E-state index contributed by atoms with van der Waals surface area (Å²) in [7, 11) is 0. The van der Waals surface area contributed by atoms with E-state index in [1.165, 1.54) is 4.68 Å². The van der Waals surface area contributed by atoms with Gasteiger partial charge in [0.2, 0.25) is 5.88 Å². The van der Waals surface area contributed by atoms with Crippen molar-refractivity contribution in [1.29, 1.82) is 0 Å². The predicted molar refractivity (Wildman–Crippen MR) is 50.4 cm³/mol. The molecule has 0 aromatic carbocycles.